The van der Waals surface area contributed by atoms with Gasteiger partial charge in [-0.25, -0.2) is 9.59 Å². The van der Waals surface area contributed by atoms with Gasteiger partial charge in [-0.1, -0.05) is 85.7 Å². The average molecular weight is 1250 g/mol. The number of carbonyl (C=O) groups is 11. The molecule has 500 valence electrons. The summed E-state index contributed by atoms with van der Waals surface area (Å²) in [6.07, 6.45) is -3.85. The number of alkyl carbamates (subject to hydrolysis) is 2. The monoisotopic (exact) mass is 1250 g/mol. The number of hydrogen-bond donors (Lipinski definition) is 11. The molecule has 11 atom stereocenters. The van der Waals surface area contributed by atoms with Crippen molar-refractivity contribution in [3.05, 3.63) is 35.9 Å². The molecule has 0 radical (unpaired) electrons. The van der Waals surface area contributed by atoms with Crippen molar-refractivity contribution in [2.75, 3.05) is 26.2 Å². The number of rotatable bonds is 16. The molecule has 0 aliphatic carbocycles. The number of ether oxygens (including phenoxy) is 3. The van der Waals surface area contributed by atoms with Crippen molar-refractivity contribution in [3.8, 4) is 0 Å². The van der Waals surface area contributed by atoms with E-state index in [0.29, 0.717) is 12.0 Å². The van der Waals surface area contributed by atoms with E-state index in [1.165, 1.54) is 4.90 Å². The Bertz CT molecular complexity index is 2570. The highest BCUT2D eigenvalue weighted by molar-refractivity contribution is 5.98. The molecule has 3 aliphatic rings. The van der Waals surface area contributed by atoms with Gasteiger partial charge in [0.05, 0.1) is 12.2 Å². The standard InChI is InChI=1S/C63H103N11O15/c1-35(2)31-43-51(76)66-34-40-26-27-47(75)50(87-40)58(83)73-49(38(7)8)57(82)68-42(24-19-29-65-61(86)89-63(12,13)14)53(78)70-44(32-36(3)4)54(79)71-45(33-39-21-16-15-17-22-39)59(84)74-30-20-25-46(74)55(80)72-48(37(5)6)56(81)67-41(52(77)69-43)23-18-28-64-60(85)88-62(9,10)11/h15-17,21-22,35-38,40-50,75H,18-20,23-34H2,1-14H3,(H,64,85)(H,65,86)(H,66,76)(H,67,81)(H,68,82)(H,69,77)(H,70,78)(H,71,79)(H,72,80)(H,73,83)/t40-,41-,42+,43-,44-,45-,46+,47+,48-,49-,50+/m1/s1. The summed E-state index contributed by atoms with van der Waals surface area (Å²) in [5, 5.41) is 38.9. The zero-order valence-corrected chi connectivity index (χ0v) is 54.8. The zero-order valence-electron chi connectivity index (χ0n) is 54.8. The summed E-state index contributed by atoms with van der Waals surface area (Å²) >= 11 is 0. The van der Waals surface area contributed by atoms with Crippen LogP contribution in [0.2, 0.25) is 0 Å². The number of fused-ring (bicyclic) bond motifs is 3. The lowest BCUT2D eigenvalue weighted by atomic mass is 9.97. The van der Waals surface area contributed by atoms with E-state index in [1.807, 2.05) is 27.7 Å². The van der Waals surface area contributed by atoms with E-state index >= 15 is 4.79 Å². The summed E-state index contributed by atoms with van der Waals surface area (Å²) in [7, 11) is 0. The van der Waals surface area contributed by atoms with Crippen LogP contribution in [0.1, 0.15) is 167 Å². The molecule has 3 heterocycles. The molecule has 89 heavy (non-hydrogen) atoms. The van der Waals surface area contributed by atoms with Crippen molar-refractivity contribution in [2.45, 2.75) is 245 Å². The maximum absolute atomic E-state index is 15.0. The predicted molar refractivity (Wildman–Crippen MR) is 331 cm³/mol. The van der Waals surface area contributed by atoms with Crippen LogP contribution < -0.4 is 53.2 Å². The Kier molecular flexibility index (Phi) is 29.1. The molecule has 3 fully saturated rings. The van der Waals surface area contributed by atoms with E-state index in [-0.39, 0.29) is 102 Å². The van der Waals surface area contributed by atoms with Crippen molar-refractivity contribution < 1.29 is 72.1 Å². The van der Waals surface area contributed by atoms with Crippen LogP contribution in [-0.4, -0.2) is 179 Å². The molecule has 3 saturated heterocycles. The molecular weight excluding hydrogens is 1150 g/mol. The van der Waals surface area contributed by atoms with Crippen LogP contribution in [0.15, 0.2) is 30.3 Å². The number of aliphatic hydroxyl groups is 1. The SMILES string of the molecule is CC(C)C[C@H]1NC(=O)[C@H](CCCNC(=O)OC(C)(C)C)NC(=O)[C@@H](C(C)C)NC(=O)[C@H]2O[C@H](CC[C@@H]2O)CNC(=O)[C@@H](CC(C)C)NC(=O)[C@@H](CCCNC(=O)OC(C)(C)C)NC(=O)[C@@H](C(C)C)NC(=O)[C@@H]2CCCN2C(=O)[C@@H](Cc2ccccc2)NC1=O. The highest BCUT2D eigenvalue weighted by Gasteiger charge is 2.43. The first-order valence-electron chi connectivity index (χ1n) is 31.6. The first-order valence-corrected chi connectivity index (χ1v) is 31.6. The van der Waals surface area contributed by atoms with Gasteiger partial charge in [0, 0.05) is 32.6 Å². The van der Waals surface area contributed by atoms with Crippen LogP contribution in [-0.2, 0) is 63.8 Å². The van der Waals surface area contributed by atoms with Gasteiger partial charge in [-0.15, -0.1) is 0 Å². The second-order valence-electron chi connectivity index (χ2n) is 27.1. The van der Waals surface area contributed by atoms with Crippen LogP contribution >= 0.6 is 0 Å². The lowest BCUT2D eigenvalue weighted by Crippen LogP contribution is -2.61. The molecule has 26 heteroatoms. The Hall–Kier alpha value is -7.09. The minimum atomic E-state index is -1.51. The van der Waals surface area contributed by atoms with E-state index in [9.17, 15) is 53.1 Å². The Morgan fingerprint density at radius 2 is 1.02 bits per heavy atom. The number of hydrogen-bond acceptors (Lipinski definition) is 15. The van der Waals surface area contributed by atoms with Crippen molar-refractivity contribution in [1.82, 2.24) is 58.1 Å². The van der Waals surface area contributed by atoms with Gasteiger partial charge in [-0.05, 0) is 135 Å². The number of nitrogens with one attached hydrogen (secondary N) is 10. The van der Waals surface area contributed by atoms with Gasteiger partial charge >= 0.3 is 12.2 Å². The maximum atomic E-state index is 15.0. The molecule has 0 spiro atoms. The Morgan fingerprint density at radius 1 is 0.573 bits per heavy atom. The quantitative estimate of drug-likeness (QED) is 0.106. The Morgan fingerprint density at radius 3 is 1.49 bits per heavy atom. The van der Waals surface area contributed by atoms with E-state index in [4.69, 9.17) is 14.2 Å². The first-order chi connectivity index (χ1) is 41.6. The fraction of sp³-hybridized carbons (Fsp3) is 0.730. The summed E-state index contributed by atoms with van der Waals surface area (Å²) in [5.41, 5.74) is -0.922. The van der Waals surface area contributed by atoms with Crippen molar-refractivity contribution >= 4 is 65.4 Å². The average Bonchev–Trinajstić information content (AvgIpc) is 2.86. The van der Waals surface area contributed by atoms with Gasteiger partial charge < -0.3 is 77.4 Å². The maximum Gasteiger partial charge on any atom is 0.407 e. The Balaban J connectivity index is 1.80. The molecule has 0 unspecified atom stereocenters. The molecule has 0 aromatic heterocycles. The van der Waals surface area contributed by atoms with Gasteiger partial charge in [0.2, 0.25) is 47.3 Å². The van der Waals surface area contributed by atoms with Gasteiger partial charge in [-0.2, -0.15) is 0 Å². The highest BCUT2D eigenvalue weighted by atomic mass is 16.6. The van der Waals surface area contributed by atoms with E-state index in [1.54, 1.807) is 99.6 Å². The summed E-state index contributed by atoms with van der Waals surface area (Å²) in [6, 6.07) is -1.18. The number of aliphatic hydroxyl groups excluding tert-OH is 1. The third-order valence-electron chi connectivity index (χ3n) is 15.1. The van der Waals surface area contributed by atoms with Crippen LogP contribution in [0.5, 0.6) is 0 Å². The zero-order chi connectivity index (χ0) is 66.5. The van der Waals surface area contributed by atoms with Gasteiger partial charge in [0.25, 0.3) is 5.91 Å². The molecule has 0 saturated carbocycles. The summed E-state index contributed by atoms with van der Waals surface area (Å²) in [5.74, 6) is -8.04. The van der Waals surface area contributed by atoms with E-state index < -0.39 is 155 Å². The second-order valence-corrected chi connectivity index (χ2v) is 27.1. The van der Waals surface area contributed by atoms with Crippen LogP contribution in [0.3, 0.4) is 0 Å². The van der Waals surface area contributed by atoms with E-state index in [0.717, 1.165) is 0 Å². The molecule has 3 aliphatic heterocycles. The van der Waals surface area contributed by atoms with Crippen LogP contribution in [0.4, 0.5) is 9.59 Å². The molecule has 26 nitrogen and oxygen atoms in total. The first kappa shape index (κ1) is 74.4. The van der Waals surface area contributed by atoms with Gasteiger partial charge in [0.15, 0.2) is 6.10 Å². The van der Waals surface area contributed by atoms with Crippen LogP contribution in [0, 0.1) is 23.7 Å². The number of amides is 11. The largest absolute Gasteiger partial charge is 0.444 e. The second kappa shape index (κ2) is 34.8. The summed E-state index contributed by atoms with van der Waals surface area (Å²) in [4.78, 5) is 157. The highest BCUT2D eigenvalue weighted by Crippen LogP contribution is 2.24. The van der Waals surface area contributed by atoms with E-state index in [2.05, 4.69) is 53.2 Å². The summed E-state index contributed by atoms with van der Waals surface area (Å²) < 4.78 is 16.9. The minimum Gasteiger partial charge on any atom is -0.444 e. The summed E-state index contributed by atoms with van der Waals surface area (Å²) in [6.45, 7) is 24.3. The molecule has 4 rings (SSSR count). The van der Waals surface area contributed by atoms with Crippen molar-refractivity contribution in [2.24, 2.45) is 23.7 Å². The molecule has 11 amide bonds. The Labute approximate surface area is 524 Å². The fourth-order valence-corrected chi connectivity index (χ4v) is 10.6. The number of nitrogens with zero attached hydrogens (tertiary/aromatic N) is 1. The smallest absolute Gasteiger partial charge is 0.407 e. The molecular formula is C63H103N11O15. The molecule has 1 aromatic rings. The number of benzene rings is 1. The number of carbonyl (C=O) groups excluding carboxylic acids is 11. The van der Waals surface area contributed by atoms with Gasteiger partial charge in [-0.3, -0.25) is 43.2 Å². The fourth-order valence-electron chi connectivity index (χ4n) is 10.6. The van der Waals surface area contributed by atoms with Crippen LogP contribution in [0.25, 0.3) is 0 Å². The normalized spacial score (nSPS) is 26.4. The topological polar surface area (TPSA) is 359 Å². The molecule has 1 aromatic carbocycles. The molecule has 11 N–H and O–H groups in total. The third-order valence-corrected chi connectivity index (χ3v) is 15.1. The molecule has 2 bridgehead atoms. The third kappa shape index (κ3) is 25.4. The minimum absolute atomic E-state index is 0.0168. The lowest BCUT2D eigenvalue weighted by molar-refractivity contribution is -0.159. The predicted octanol–water partition coefficient (Wildman–Crippen LogP) is 2.67. The lowest BCUT2D eigenvalue weighted by Gasteiger charge is -2.35. The van der Waals surface area contributed by atoms with Gasteiger partial charge in [0.1, 0.15) is 59.5 Å². The van der Waals surface area contributed by atoms with Crippen molar-refractivity contribution in [3.63, 3.8) is 0 Å². The van der Waals surface area contributed by atoms with Crippen molar-refractivity contribution in [1.29, 1.82) is 0 Å².